The van der Waals surface area contributed by atoms with Crippen LogP contribution in [0.3, 0.4) is 0 Å². The van der Waals surface area contributed by atoms with Gasteiger partial charge in [0, 0.05) is 49.9 Å². The first-order chi connectivity index (χ1) is 32.2. The van der Waals surface area contributed by atoms with Crippen molar-refractivity contribution >= 4 is 82.4 Å². The summed E-state index contributed by atoms with van der Waals surface area (Å²) in [5, 5.41) is 9.70. The highest BCUT2D eigenvalue weighted by atomic mass is 16.3. The monoisotopic (exact) mass is 828 g/mol. The number of benzene rings is 11. The molecular formula is C62H40N2O. The van der Waals surface area contributed by atoms with Crippen molar-refractivity contribution < 1.29 is 4.42 Å². The zero-order valence-electron chi connectivity index (χ0n) is 35.4. The van der Waals surface area contributed by atoms with E-state index in [0.717, 1.165) is 55.8 Å². The van der Waals surface area contributed by atoms with Crippen molar-refractivity contribution in [2.24, 2.45) is 0 Å². The first-order valence-corrected chi connectivity index (χ1v) is 22.2. The lowest BCUT2D eigenvalue weighted by molar-refractivity contribution is 0.670. The fourth-order valence-corrected chi connectivity index (χ4v) is 10.0. The zero-order valence-corrected chi connectivity index (χ0v) is 35.4. The predicted octanol–water partition coefficient (Wildman–Crippen LogP) is 17.5. The van der Waals surface area contributed by atoms with Crippen molar-refractivity contribution in [3.05, 3.63) is 243 Å². The lowest BCUT2D eigenvalue weighted by Gasteiger charge is -2.27. The van der Waals surface area contributed by atoms with Crippen LogP contribution in [0, 0.1) is 0 Å². The van der Waals surface area contributed by atoms with Crippen LogP contribution in [0.15, 0.2) is 247 Å². The van der Waals surface area contributed by atoms with Crippen molar-refractivity contribution in [3.8, 4) is 39.1 Å². The summed E-state index contributed by atoms with van der Waals surface area (Å²) in [6, 6.07) is 87.7. The van der Waals surface area contributed by atoms with Crippen molar-refractivity contribution in [2.75, 3.05) is 4.90 Å². The van der Waals surface area contributed by atoms with Gasteiger partial charge in [0.25, 0.3) is 0 Å². The van der Waals surface area contributed by atoms with Gasteiger partial charge in [0.15, 0.2) is 0 Å². The summed E-state index contributed by atoms with van der Waals surface area (Å²) in [7, 11) is 0. The first kappa shape index (κ1) is 36.9. The second-order valence-corrected chi connectivity index (χ2v) is 16.9. The van der Waals surface area contributed by atoms with E-state index in [1.54, 1.807) is 0 Å². The molecule has 0 fully saturated rings. The van der Waals surface area contributed by atoms with Crippen LogP contribution < -0.4 is 4.90 Å². The predicted molar refractivity (Wildman–Crippen MR) is 274 cm³/mol. The molecule has 0 aliphatic heterocycles. The molecule has 0 aliphatic carbocycles. The van der Waals surface area contributed by atoms with E-state index in [1.165, 1.54) is 65.6 Å². The molecule has 0 aliphatic rings. The summed E-state index contributed by atoms with van der Waals surface area (Å²) in [6.07, 6.45) is 0. The minimum Gasteiger partial charge on any atom is -0.455 e. The molecule has 0 atom stereocenters. The van der Waals surface area contributed by atoms with Gasteiger partial charge in [0.05, 0.1) is 11.0 Å². The Kier molecular flexibility index (Phi) is 8.53. The summed E-state index contributed by atoms with van der Waals surface area (Å²) in [6.45, 7) is 0. The highest BCUT2D eigenvalue weighted by Gasteiger charge is 2.21. The second kappa shape index (κ2) is 15.0. The van der Waals surface area contributed by atoms with E-state index in [0.29, 0.717) is 0 Å². The molecule has 0 amide bonds. The van der Waals surface area contributed by atoms with Gasteiger partial charge in [-0.1, -0.05) is 170 Å². The Balaban J connectivity index is 0.968. The molecule has 2 heterocycles. The number of furan rings is 1. The van der Waals surface area contributed by atoms with Crippen LogP contribution in [-0.2, 0) is 0 Å². The van der Waals surface area contributed by atoms with Gasteiger partial charge in [-0.2, -0.15) is 0 Å². The maximum Gasteiger partial charge on any atom is 0.143 e. The van der Waals surface area contributed by atoms with Crippen molar-refractivity contribution in [1.82, 2.24) is 4.57 Å². The standard InChI is InChI=1S/C62H40N2O/c1-2-12-41(13-3-1)42-26-32-48(33-27-42)63(49-34-28-43(29-35-49)47-25-24-45-23-22-44-14-4-5-15-52(44)56(45)38-47)51-39-57(62-58(40-51)55-18-8-11-21-61(55)65-62)46-30-36-50(37-31-46)64-59-19-9-6-16-53(59)54-17-7-10-20-60(54)64/h1-40H. The molecule has 0 unspecified atom stereocenters. The molecule has 0 N–H and O–H groups in total. The van der Waals surface area contributed by atoms with Crippen LogP contribution in [-0.4, -0.2) is 4.57 Å². The number of nitrogens with zero attached hydrogens (tertiary/aromatic N) is 2. The number of rotatable bonds is 7. The van der Waals surface area contributed by atoms with E-state index < -0.39 is 0 Å². The van der Waals surface area contributed by atoms with Crippen molar-refractivity contribution in [1.29, 1.82) is 0 Å². The van der Waals surface area contributed by atoms with Gasteiger partial charge in [-0.25, -0.2) is 0 Å². The van der Waals surface area contributed by atoms with Gasteiger partial charge in [-0.15, -0.1) is 0 Å². The van der Waals surface area contributed by atoms with Gasteiger partial charge in [-0.3, -0.25) is 0 Å². The van der Waals surface area contributed by atoms with Crippen LogP contribution in [0.25, 0.3) is 104 Å². The van der Waals surface area contributed by atoms with E-state index in [-0.39, 0.29) is 0 Å². The largest absolute Gasteiger partial charge is 0.455 e. The van der Waals surface area contributed by atoms with E-state index in [1.807, 2.05) is 6.07 Å². The topological polar surface area (TPSA) is 21.3 Å². The lowest BCUT2D eigenvalue weighted by Crippen LogP contribution is -2.10. The summed E-state index contributed by atoms with van der Waals surface area (Å²) in [5.41, 5.74) is 15.3. The minimum absolute atomic E-state index is 0.870. The number of anilines is 3. The molecule has 0 bridgehead atoms. The summed E-state index contributed by atoms with van der Waals surface area (Å²) >= 11 is 0. The van der Waals surface area contributed by atoms with E-state index in [2.05, 4.69) is 246 Å². The molecule has 13 aromatic rings. The Morgan fingerprint density at radius 3 is 1.51 bits per heavy atom. The first-order valence-electron chi connectivity index (χ1n) is 22.2. The van der Waals surface area contributed by atoms with Crippen LogP contribution >= 0.6 is 0 Å². The molecule has 65 heavy (non-hydrogen) atoms. The molecule has 0 saturated carbocycles. The molecule has 0 spiro atoms. The highest BCUT2D eigenvalue weighted by Crippen LogP contribution is 2.45. The number of aromatic nitrogens is 1. The average molecular weight is 829 g/mol. The van der Waals surface area contributed by atoms with Crippen LogP contribution in [0.1, 0.15) is 0 Å². The third kappa shape index (κ3) is 6.20. The average Bonchev–Trinajstić information content (AvgIpc) is 3.93. The quantitative estimate of drug-likeness (QED) is 0.149. The second-order valence-electron chi connectivity index (χ2n) is 16.9. The maximum absolute atomic E-state index is 6.76. The molecule has 304 valence electrons. The molecular weight excluding hydrogens is 789 g/mol. The fourth-order valence-electron chi connectivity index (χ4n) is 10.0. The van der Waals surface area contributed by atoms with Gasteiger partial charge >= 0.3 is 0 Å². The molecule has 13 rings (SSSR count). The summed E-state index contributed by atoms with van der Waals surface area (Å²) in [4.78, 5) is 2.38. The molecule has 3 nitrogen and oxygen atoms in total. The molecule has 3 heteroatoms. The van der Waals surface area contributed by atoms with E-state index >= 15 is 0 Å². The summed E-state index contributed by atoms with van der Waals surface area (Å²) < 4.78 is 9.13. The molecule has 0 saturated heterocycles. The molecule has 2 aromatic heterocycles. The van der Waals surface area contributed by atoms with Crippen molar-refractivity contribution in [2.45, 2.75) is 0 Å². The number of hydrogen-bond donors (Lipinski definition) is 0. The number of hydrogen-bond acceptors (Lipinski definition) is 2. The maximum atomic E-state index is 6.76. The smallest absolute Gasteiger partial charge is 0.143 e. The fraction of sp³-hybridized carbons (Fsp3) is 0. The van der Waals surface area contributed by atoms with E-state index in [4.69, 9.17) is 4.42 Å². The van der Waals surface area contributed by atoms with Crippen LogP contribution in [0.5, 0.6) is 0 Å². The summed E-state index contributed by atoms with van der Waals surface area (Å²) in [5.74, 6) is 0. The van der Waals surface area contributed by atoms with Crippen LogP contribution in [0.4, 0.5) is 17.1 Å². The van der Waals surface area contributed by atoms with Gasteiger partial charge in [-0.05, 0) is 122 Å². The SMILES string of the molecule is c1ccc(-c2ccc(N(c3ccc(-c4ccc5ccc6ccccc6c5c4)cc3)c3cc(-c4ccc(-n5c6ccccc6c6ccccc65)cc4)c4oc5ccccc5c4c3)cc2)cc1. The third-order valence-electron chi connectivity index (χ3n) is 13.2. The van der Waals surface area contributed by atoms with Gasteiger partial charge in [0.1, 0.15) is 11.2 Å². The van der Waals surface area contributed by atoms with Crippen molar-refractivity contribution in [3.63, 3.8) is 0 Å². The van der Waals surface area contributed by atoms with Gasteiger partial charge < -0.3 is 13.9 Å². The Morgan fingerprint density at radius 2 is 0.815 bits per heavy atom. The number of para-hydroxylation sites is 3. The third-order valence-corrected chi connectivity index (χ3v) is 13.2. The van der Waals surface area contributed by atoms with E-state index in [9.17, 15) is 0 Å². The zero-order chi connectivity index (χ0) is 42.8. The van der Waals surface area contributed by atoms with Crippen LogP contribution in [0.2, 0.25) is 0 Å². The minimum atomic E-state index is 0.870. The number of fused-ring (bicyclic) bond motifs is 9. The Bertz CT molecular complexity index is 3860. The molecule has 11 aromatic carbocycles. The normalized spacial score (nSPS) is 11.7. The Morgan fingerprint density at radius 1 is 0.308 bits per heavy atom. The van der Waals surface area contributed by atoms with Gasteiger partial charge in [0.2, 0.25) is 0 Å². The highest BCUT2D eigenvalue weighted by molar-refractivity contribution is 6.13. The lowest BCUT2D eigenvalue weighted by atomic mass is 9.97. The Labute approximate surface area is 376 Å². The Hall–Kier alpha value is -8.66. The molecule has 0 radical (unpaired) electrons.